The Hall–Kier alpha value is -6.96. The number of carbonyl (C=O) groups excluding carboxylic acids is 7. The summed E-state index contributed by atoms with van der Waals surface area (Å²) in [6.07, 6.45) is -10.9. The van der Waals surface area contributed by atoms with Crippen molar-refractivity contribution in [1.29, 1.82) is 0 Å². The van der Waals surface area contributed by atoms with E-state index < -0.39 is 131 Å². The lowest BCUT2D eigenvalue weighted by atomic mass is 9.44. The lowest BCUT2D eigenvalue weighted by Crippen LogP contribution is -2.82. The van der Waals surface area contributed by atoms with Crippen LogP contribution in [0.5, 0.6) is 0 Å². The molecule has 2 amide bonds. The monoisotopic (exact) mass is 1010 g/mol. The molecule has 1 heterocycles. The van der Waals surface area contributed by atoms with Crippen LogP contribution in [0.2, 0.25) is 0 Å². The molecule has 2 bridgehead atoms. The highest BCUT2D eigenvalue weighted by molar-refractivity contribution is 5.96. The van der Waals surface area contributed by atoms with Crippen molar-refractivity contribution >= 4 is 47.6 Å². The summed E-state index contributed by atoms with van der Waals surface area (Å²) < 4.78 is 37.1. The maximum Gasteiger partial charge on any atom is 0.407 e. The first-order valence-electron chi connectivity index (χ1n) is 24.2. The van der Waals surface area contributed by atoms with Crippen molar-refractivity contribution in [2.24, 2.45) is 16.7 Å². The third kappa shape index (κ3) is 10.5. The minimum atomic E-state index is -2.50. The fourth-order valence-corrected chi connectivity index (χ4v) is 11.3. The lowest BCUT2D eigenvalue weighted by molar-refractivity contribution is -0.345. The molecule has 0 spiro atoms. The van der Waals surface area contributed by atoms with E-state index in [-0.39, 0.29) is 41.7 Å². The molecule has 3 fully saturated rings. The van der Waals surface area contributed by atoms with Crippen LogP contribution in [-0.2, 0) is 52.4 Å². The maximum absolute atomic E-state index is 16.2. The van der Waals surface area contributed by atoms with E-state index in [1.54, 1.807) is 78.9 Å². The average molecular weight is 1010 g/mol. The van der Waals surface area contributed by atoms with Gasteiger partial charge in [0, 0.05) is 50.6 Å². The summed E-state index contributed by atoms with van der Waals surface area (Å²) in [6, 6.07) is 22.6. The van der Waals surface area contributed by atoms with E-state index in [1.165, 1.54) is 39.8 Å². The number of alkyl carbamates (subject to hydrolysis) is 1. The topological polar surface area (TPSA) is 277 Å². The number of rotatable bonds is 17. The Bertz CT molecular complexity index is 2620. The van der Waals surface area contributed by atoms with E-state index in [4.69, 9.17) is 33.5 Å². The van der Waals surface area contributed by atoms with Crippen LogP contribution in [0.3, 0.4) is 0 Å². The maximum atomic E-state index is 16.2. The second-order valence-electron chi connectivity index (χ2n) is 19.9. The normalized spacial score (nSPS) is 28.6. The number of unbranched alkanes of at least 4 members (excludes halogenated alkanes) is 2. The van der Waals surface area contributed by atoms with Crippen LogP contribution in [0.25, 0.3) is 0 Å². The number of ketones is 1. The van der Waals surface area contributed by atoms with Gasteiger partial charge >= 0.3 is 35.9 Å². The molecule has 7 rings (SSSR count). The predicted octanol–water partition coefficient (Wildman–Crippen LogP) is 5.11. The standard InChI is InChI=1S/C54H62N2O17/c1-30-36(70-49(65)42(61)41(33-19-11-7-12-20-33)56-47(63)34-21-13-8-14-22-34)28-54(67)46(72-48(64)35-23-15-9-16-24-35)44-52(6,45(62)43(69-31(2)57)40(30)51(54,4)5)37(27-38-53(44,29-68-38)73-32(3)58)71-50(66)55-26-18-10-17-25-39(59)60/h7-9,11-16,19-24,36-38,41-44,46,61,67H,10,17-18,25-29H2,1-6H3,(H,55,66)(H,56,63)(H,59,60)/t36-,37-,38?,41+,42+,43?,44?,46?,52+,53-,54+/m0/s1. The van der Waals surface area contributed by atoms with Crippen molar-refractivity contribution in [3.8, 4) is 0 Å². The number of benzene rings is 3. The van der Waals surface area contributed by atoms with Gasteiger partial charge in [0.1, 0.15) is 30.0 Å². The van der Waals surface area contributed by atoms with Crippen LogP contribution in [-0.4, -0.2) is 124 Å². The summed E-state index contributed by atoms with van der Waals surface area (Å²) in [5.74, 6) is -8.22. The molecule has 0 radical (unpaired) electrons. The van der Waals surface area contributed by atoms with Gasteiger partial charge in [-0.1, -0.05) is 87.0 Å². The number of hydrogen-bond donors (Lipinski definition) is 5. The molecule has 1 aliphatic heterocycles. The lowest BCUT2D eigenvalue weighted by Gasteiger charge is -2.67. The molecule has 2 saturated carbocycles. The van der Waals surface area contributed by atoms with E-state index in [2.05, 4.69) is 10.6 Å². The predicted molar refractivity (Wildman–Crippen MR) is 256 cm³/mol. The van der Waals surface area contributed by atoms with Gasteiger partial charge in [0.2, 0.25) is 0 Å². The minimum absolute atomic E-state index is 0.0180. The van der Waals surface area contributed by atoms with Gasteiger partial charge in [-0.3, -0.25) is 24.0 Å². The highest BCUT2D eigenvalue weighted by Crippen LogP contribution is 2.65. The molecule has 11 atom stereocenters. The van der Waals surface area contributed by atoms with Gasteiger partial charge in [0.15, 0.2) is 23.6 Å². The van der Waals surface area contributed by atoms with E-state index in [9.17, 15) is 43.8 Å². The van der Waals surface area contributed by atoms with Crippen molar-refractivity contribution in [1.82, 2.24) is 10.6 Å². The van der Waals surface area contributed by atoms with Crippen LogP contribution >= 0.6 is 0 Å². The zero-order chi connectivity index (χ0) is 53.0. The van der Waals surface area contributed by atoms with Gasteiger partial charge in [-0.25, -0.2) is 14.4 Å². The first kappa shape index (κ1) is 53.8. The highest BCUT2D eigenvalue weighted by Gasteiger charge is 2.79. The number of carboxylic acid groups (broad SMARTS) is 1. The van der Waals surface area contributed by atoms with Gasteiger partial charge in [0.25, 0.3) is 5.91 Å². The van der Waals surface area contributed by atoms with Gasteiger partial charge in [0.05, 0.1) is 29.5 Å². The van der Waals surface area contributed by atoms with Crippen LogP contribution in [0.4, 0.5) is 4.79 Å². The van der Waals surface area contributed by atoms with E-state index in [0.717, 1.165) is 13.8 Å². The highest BCUT2D eigenvalue weighted by atomic mass is 16.6. The Labute approximate surface area is 421 Å². The molecule has 19 heteroatoms. The van der Waals surface area contributed by atoms with Crippen molar-refractivity contribution < 1.29 is 82.1 Å². The Kier molecular flexibility index (Phi) is 16.0. The van der Waals surface area contributed by atoms with Crippen molar-refractivity contribution in [3.63, 3.8) is 0 Å². The first-order chi connectivity index (χ1) is 34.6. The number of Topliss-reactive ketones (excluding diaryl/α,β-unsaturated/α-hetero) is 1. The Balaban J connectivity index is 1.37. The average Bonchev–Trinajstić information content (AvgIpc) is 3.35. The number of aliphatic carboxylic acids is 1. The second-order valence-corrected chi connectivity index (χ2v) is 19.9. The summed E-state index contributed by atoms with van der Waals surface area (Å²) in [4.78, 5) is 110. The Morgan fingerprint density at radius 3 is 1.99 bits per heavy atom. The van der Waals surface area contributed by atoms with Gasteiger partial charge < -0.3 is 54.4 Å². The van der Waals surface area contributed by atoms with Crippen LogP contribution < -0.4 is 10.6 Å². The molecule has 3 aromatic rings. The number of aliphatic hydroxyl groups is 2. The Morgan fingerprint density at radius 1 is 0.795 bits per heavy atom. The number of carboxylic acids is 1. The number of fused-ring (bicyclic) bond motifs is 5. The number of aliphatic hydroxyl groups excluding tert-OH is 1. The summed E-state index contributed by atoms with van der Waals surface area (Å²) in [7, 11) is 0. The van der Waals surface area contributed by atoms with Crippen LogP contribution in [0.15, 0.2) is 102 Å². The minimum Gasteiger partial charge on any atom is -0.481 e. The summed E-state index contributed by atoms with van der Waals surface area (Å²) >= 11 is 0. The molecule has 0 aromatic heterocycles. The molecule has 4 aliphatic rings. The zero-order valence-electron chi connectivity index (χ0n) is 41.5. The van der Waals surface area contributed by atoms with E-state index in [1.807, 2.05) is 0 Å². The molecule has 73 heavy (non-hydrogen) atoms. The van der Waals surface area contributed by atoms with Gasteiger partial charge in [-0.15, -0.1) is 0 Å². The number of hydrogen-bond acceptors (Lipinski definition) is 16. The Morgan fingerprint density at radius 2 is 1.41 bits per heavy atom. The van der Waals surface area contributed by atoms with Crippen molar-refractivity contribution in [3.05, 3.63) is 119 Å². The third-order valence-electron chi connectivity index (χ3n) is 15.0. The molecule has 3 aliphatic carbocycles. The fraction of sp³-hybridized carbons (Fsp3) is 0.481. The first-order valence-corrected chi connectivity index (χ1v) is 24.2. The summed E-state index contributed by atoms with van der Waals surface area (Å²) in [5.41, 5.74) is -7.70. The molecule has 1 saturated heterocycles. The second kappa shape index (κ2) is 21.6. The number of nitrogens with one attached hydrogen (secondary N) is 2. The largest absolute Gasteiger partial charge is 0.481 e. The number of carbonyl (C=O) groups is 8. The molecule has 3 aromatic carbocycles. The van der Waals surface area contributed by atoms with E-state index >= 15 is 4.79 Å². The number of amides is 2. The molecule has 4 unspecified atom stereocenters. The number of ether oxygens (including phenoxy) is 6. The quantitative estimate of drug-likeness (QED) is 0.0508. The fourth-order valence-electron chi connectivity index (χ4n) is 11.3. The van der Waals surface area contributed by atoms with E-state index in [0.29, 0.717) is 24.8 Å². The van der Waals surface area contributed by atoms with Gasteiger partial charge in [-0.2, -0.15) is 0 Å². The zero-order valence-corrected chi connectivity index (χ0v) is 41.5. The molecule has 390 valence electrons. The van der Waals surface area contributed by atoms with Gasteiger partial charge in [-0.05, 0) is 67.7 Å². The van der Waals surface area contributed by atoms with Crippen LogP contribution in [0.1, 0.15) is 112 Å². The number of esters is 4. The van der Waals surface area contributed by atoms with Crippen molar-refractivity contribution in [2.75, 3.05) is 13.2 Å². The molecular weight excluding hydrogens is 949 g/mol. The molecular formula is C54H62N2O17. The summed E-state index contributed by atoms with van der Waals surface area (Å²) in [6.45, 7) is 7.82. The smallest absolute Gasteiger partial charge is 0.407 e. The third-order valence-corrected chi connectivity index (χ3v) is 15.0. The van der Waals surface area contributed by atoms with Crippen molar-refractivity contribution in [2.45, 2.75) is 134 Å². The summed E-state index contributed by atoms with van der Waals surface area (Å²) in [5, 5.41) is 40.3. The van der Waals surface area contributed by atoms with Crippen LogP contribution in [0, 0.1) is 16.7 Å². The molecule has 5 N–H and O–H groups in total. The SMILES string of the molecule is CC(=O)OC1C(=O)[C@@]2(C)C(C(OC(=O)c3ccccc3)[C@]3(O)C[C@H](OC(=O)[C@H](O)[C@H](NC(=O)c4ccccc4)c4ccccc4)C(C)=C1C3(C)C)[C@]1(OC(C)=O)COC1C[C@@H]2OC(=O)NCCCCCC(=O)O. The molecule has 19 nitrogen and oxygen atoms in total.